The number of hydrogen-bond donors (Lipinski definition) is 1. The normalized spacial score (nSPS) is 14.7. The van der Waals surface area contributed by atoms with Gasteiger partial charge in [-0.05, 0) is 16.7 Å². The van der Waals surface area contributed by atoms with E-state index in [2.05, 4.69) is 39.5 Å². The van der Waals surface area contributed by atoms with Crippen LogP contribution < -0.4 is 5.32 Å². The Morgan fingerprint density at radius 3 is 2.50 bits per heavy atom. The van der Waals surface area contributed by atoms with Crippen molar-refractivity contribution in [2.24, 2.45) is 0 Å². The Bertz CT molecular complexity index is 903. The van der Waals surface area contributed by atoms with Gasteiger partial charge in [-0.3, -0.25) is 9.69 Å². The number of nitrogens with one attached hydrogen (secondary N) is 1. The maximum absolute atomic E-state index is 12.4. The monoisotopic (exact) mass is 393 g/mol. The van der Waals surface area contributed by atoms with Crippen LogP contribution in [0.4, 0.5) is 5.13 Å². The standard InChI is InChI=1S/C22H23N3O2S/c26-21(14-17-6-8-19(9-7-17)18-4-2-1-3-5-18)24-22-23-20(16-28-22)15-25-10-12-27-13-11-25/h1-9,16H,10-15H2,(H,23,24,26). The lowest BCUT2D eigenvalue weighted by Crippen LogP contribution is -2.35. The van der Waals surface area contributed by atoms with E-state index in [1.807, 2.05) is 35.7 Å². The predicted octanol–water partition coefficient (Wildman–Crippen LogP) is 3.82. The van der Waals surface area contributed by atoms with E-state index >= 15 is 0 Å². The Kier molecular flexibility index (Phi) is 6.11. The van der Waals surface area contributed by atoms with E-state index in [0.29, 0.717) is 11.6 Å². The van der Waals surface area contributed by atoms with Crippen molar-refractivity contribution in [3.63, 3.8) is 0 Å². The molecule has 0 unspecified atom stereocenters. The Hall–Kier alpha value is -2.54. The number of thiazole rings is 1. The first-order chi connectivity index (χ1) is 13.8. The molecule has 0 atom stereocenters. The fourth-order valence-corrected chi connectivity index (χ4v) is 3.94. The lowest BCUT2D eigenvalue weighted by Gasteiger charge is -2.25. The van der Waals surface area contributed by atoms with Crippen LogP contribution in [0.3, 0.4) is 0 Å². The summed E-state index contributed by atoms with van der Waals surface area (Å²) in [7, 11) is 0. The van der Waals surface area contributed by atoms with E-state index in [0.717, 1.165) is 49.7 Å². The number of aromatic nitrogens is 1. The lowest BCUT2D eigenvalue weighted by atomic mass is 10.0. The number of anilines is 1. The summed E-state index contributed by atoms with van der Waals surface area (Å²) in [5.41, 5.74) is 4.31. The molecule has 0 saturated carbocycles. The van der Waals surface area contributed by atoms with Crippen molar-refractivity contribution in [2.45, 2.75) is 13.0 Å². The Labute approximate surface area is 169 Å². The first kappa shape index (κ1) is 18.8. The smallest absolute Gasteiger partial charge is 0.230 e. The number of ether oxygens (including phenoxy) is 1. The van der Waals surface area contributed by atoms with Crippen molar-refractivity contribution >= 4 is 22.4 Å². The van der Waals surface area contributed by atoms with Crippen LogP contribution in [0.1, 0.15) is 11.3 Å². The van der Waals surface area contributed by atoms with Gasteiger partial charge in [-0.15, -0.1) is 11.3 Å². The molecule has 5 nitrogen and oxygen atoms in total. The Morgan fingerprint density at radius 2 is 1.75 bits per heavy atom. The van der Waals surface area contributed by atoms with Crippen molar-refractivity contribution in [3.05, 3.63) is 71.2 Å². The van der Waals surface area contributed by atoms with E-state index in [9.17, 15) is 4.79 Å². The molecule has 1 aromatic heterocycles. The molecule has 0 aliphatic carbocycles. The summed E-state index contributed by atoms with van der Waals surface area (Å²) in [4.78, 5) is 19.2. The number of hydrogen-bond acceptors (Lipinski definition) is 5. The second-order valence-corrected chi connectivity index (χ2v) is 7.68. The van der Waals surface area contributed by atoms with Gasteiger partial charge in [0, 0.05) is 25.0 Å². The maximum atomic E-state index is 12.4. The van der Waals surface area contributed by atoms with Crippen LogP contribution in [-0.2, 0) is 22.5 Å². The van der Waals surface area contributed by atoms with Crippen LogP contribution in [0.2, 0.25) is 0 Å². The third kappa shape index (κ3) is 5.04. The van der Waals surface area contributed by atoms with E-state index in [1.54, 1.807) is 0 Å². The molecule has 6 heteroatoms. The molecule has 0 bridgehead atoms. The maximum Gasteiger partial charge on any atom is 0.230 e. The number of morpholine rings is 1. The molecule has 28 heavy (non-hydrogen) atoms. The average Bonchev–Trinajstić information content (AvgIpc) is 3.16. The molecule has 1 fully saturated rings. The fourth-order valence-electron chi connectivity index (χ4n) is 3.22. The zero-order valence-electron chi connectivity index (χ0n) is 15.6. The Balaban J connectivity index is 1.30. The van der Waals surface area contributed by atoms with Crippen LogP contribution in [0.25, 0.3) is 11.1 Å². The molecule has 0 radical (unpaired) electrons. The molecular formula is C22H23N3O2S. The van der Waals surface area contributed by atoms with Gasteiger partial charge in [-0.2, -0.15) is 0 Å². The van der Waals surface area contributed by atoms with Gasteiger partial charge in [0.05, 0.1) is 25.3 Å². The van der Waals surface area contributed by atoms with E-state index in [1.165, 1.54) is 16.9 Å². The van der Waals surface area contributed by atoms with Crippen molar-refractivity contribution in [1.82, 2.24) is 9.88 Å². The largest absolute Gasteiger partial charge is 0.379 e. The van der Waals surface area contributed by atoms with E-state index in [-0.39, 0.29) is 5.91 Å². The summed E-state index contributed by atoms with van der Waals surface area (Å²) in [5, 5.41) is 5.59. The number of carbonyl (C=O) groups is 1. The highest BCUT2D eigenvalue weighted by Gasteiger charge is 2.13. The fraction of sp³-hybridized carbons (Fsp3) is 0.273. The quantitative estimate of drug-likeness (QED) is 0.692. The summed E-state index contributed by atoms with van der Waals surface area (Å²) < 4.78 is 5.37. The lowest BCUT2D eigenvalue weighted by molar-refractivity contribution is -0.115. The van der Waals surface area contributed by atoms with Crippen molar-refractivity contribution in [2.75, 3.05) is 31.6 Å². The van der Waals surface area contributed by atoms with Crippen molar-refractivity contribution in [1.29, 1.82) is 0 Å². The molecule has 1 aliphatic heterocycles. The second-order valence-electron chi connectivity index (χ2n) is 6.82. The molecule has 1 amide bonds. The molecule has 2 aromatic carbocycles. The molecule has 1 N–H and O–H groups in total. The number of benzene rings is 2. The topological polar surface area (TPSA) is 54.5 Å². The molecule has 3 aromatic rings. The molecule has 0 spiro atoms. The van der Waals surface area contributed by atoms with Crippen molar-refractivity contribution in [3.8, 4) is 11.1 Å². The van der Waals surface area contributed by atoms with Crippen LogP contribution in [0, 0.1) is 0 Å². The molecule has 1 saturated heterocycles. The number of amides is 1. The van der Waals surface area contributed by atoms with Gasteiger partial charge >= 0.3 is 0 Å². The number of nitrogens with zero attached hydrogens (tertiary/aromatic N) is 2. The van der Waals surface area contributed by atoms with Gasteiger partial charge in [-0.1, -0.05) is 54.6 Å². The van der Waals surface area contributed by atoms with Crippen LogP contribution in [0.5, 0.6) is 0 Å². The summed E-state index contributed by atoms with van der Waals surface area (Å²) >= 11 is 1.48. The first-order valence-electron chi connectivity index (χ1n) is 9.45. The summed E-state index contributed by atoms with van der Waals surface area (Å²) in [6, 6.07) is 18.4. The van der Waals surface area contributed by atoms with Gasteiger partial charge in [0.15, 0.2) is 5.13 Å². The van der Waals surface area contributed by atoms with E-state index in [4.69, 9.17) is 4.74 Å². The summed E-state index contributed by atoms with van der Waals surface area (Å²) in [6.07, 6.45) is 0.341. The van der Waals surface area contributed by atoms with Gasteiger partial charge < -0.3 is 10.1 Å². The highest BCUT2D eigenvalue weighted by atomic mass is 32.1. The number of rotatable bonds is 6. The molecule has 2 heterocycles. The highest BCUT2D eigenvalue weighted by molar-refractivity contribution is 7.13. The minimum Gasteiger partial charge on any atom is -0.379 e. The minimum atomic E-state index is -0.0419. The zero-order valence-corrected chi connectivity index (χ0v) is 16.5. The minimum absolute atomic E-state index is 0.0419. The van der Waals surface area contributed by atoms with Gasteiger partial charge in [-0.25, -0.2) is 4.98 Å². The van der Waals surface area contributed by atoms with Crippen LogP contribution in [-0.4, -0.2) is 42.1 Å². The van der Waals surface area contributed by atoms with Gasteiger partial charge in [0.25, 0.3) is 0 Å². The van der Waals surface area contributed by atoms with Crippen LogP contribution in [0.15, 0.2) is 60.0 Å². The summed E-state index contributed by atoms with van der Waals surface area (Å²) in [6.45, 7) is 4.21. The molecule has 4 rings (SSSR count). The molecule has 1 aliphatic rings. The highest BCUT2D eigenvalue weighted by Crippen LogP contribution is 2.20. The SMILES string of the molecule is O=C(Cc1ccc(-c2ccccc2)cc1)Nc1nc(CN2CCOCC2)cs1. The summed E-state index contributed by atoms with van der Waals surface area (Å²) in [5.74, 6) is -0.0419. The third-order valence-corrected chi connectivity index (χ3v) is 5.52. The average molecular weight is 394 g/mol. The van der Waals surface area contributed by atoms with Gasteiger partial charge in [0.2, 0.25) is 5.91 Å². The van der Waals surface area contributed by atoms with Crippen LogP contribution >= 0.6 is 11.3 Å². The Morgan fingerprint density at radius 1 is 1.04 bits per heavy atom. The van der Waals surface area contributed by atoms with Gasteiger partial charge in [0.1, 0.15) is 0 Å². The molecule has 144 valence electrons. The molecular weight excluding hydrogens is 370 g/mol. The zero-order chi connectivity index (χ0) is 19.2. The predicted molar refractivity (Wildman–Crippen MR) is 112 cm³/mol. The third-order valence-electron chi connectivity index (χ3n) is 4.71. The second kappa shape index (κ2) is 9.10. The van der Waals surface area contributed by atoms with E-state index < -0.39 is 0 Å². The number of carbonyl (C=O) groups excluding carboxylic acids is 1. The van der Waals surface area contributed by atoms with Crippen molar-refractivity contribution < 1.29 is 9.53 Å². The first-order valence-corrected chi connectivity index (χ1v) is 10.3.